The summed E-state index contributed by atoms with van der Waals surface area (Å²) in [7, 11) is 1.79. The van der Waals surface area contributed by atoms with E-state index < -0.39 is 0 Å². The summed E-state index contributed by atoms with van der Waals surface area (Å²) in [6.45, 7) is 1.96. The fourth-order valence-electron chi connectivity index (χ4n) is 2.44. The molecule has 0 spiro atoms. The number of hydrogen-bond acceptors (Lipinski definition) is 4. The highest BCUT2D eigenvalue weighted by Gasteiger charge is 2.28. The standard InChI is InChI=1S/C13H15BrN2OS/c1-17-11-7-15-5-4-9(11)13-16-10-6-8(14)2-3-12(10)18-13/h2-3,6,9,11,15H,4-5,7H2,1H3/t9-,11-/m1/s1. The summed E-state index contributed by atoms with van der Waals surface area (Å²) in [5.74, 6) is 0.424. The van der Waals surface area contributed by atoms with E-state index in [0.717, 1.165) is 29.5 Å². The maximum absolute atomic E-state index is 5.57. The van der Waals surface area contributed by atoms with Gasteiger partial charge in [0.2, 0.25) is 0 Å². The molecule has 3 rings (SSSR count). The summed E-state index contributed by atoms with van der Waals surface area (Å²) >= 11 is 5.29. The number of thiazole rings is 1. The molecule has 1 aliphatic rings. The number of benzene rings is 1. The molecule has 1 saturated heterocycles. The van der Waals surface area contributed by atoms with Crippen LogP contribution in [0.1, 0.15) is 17.3 Å². The first-order valence-corrected chi connectivity index (χ1v) is 7.68. The molecule has 0 amide bonds. The van der Waals surface area contributed by atoms with Crippen molar-refractivity contribution < 1.29 is 4.74 Å². The lowest BCUT2D eigenvalue weighted by Gasteiger charge is -2.29. The third-order valence-electron chi connectivity index (χ3n) is 3.41. The lowest BCUT2D eigenvalue weighted by Crippen LogP contribution is -2.40. The van der Waals surface area contributed by atoms with Gasteiger partial charge in [0.05, 0.1) is 21.3 Å². The Bertz CT molecular complexity index is 557. The molecule has 1 aliphatic heterocycles. The number of piperidine rings is 1. The largest absolute Gasteiger partial charge is 0.379 e. The number of methoxy groups -OCH3 is 1. The first-order chi connectivity index (χ1) is 8.78. The van der Waals surface area contributed by atoms with E-state index in [1.165, 1.54) is 9.71 Å². The molecule has 2 aromatic rings. The van der Waals surface area contributed by atoms with Gasteiger partial charge in [-0.2, -0.15) is 0 Å². The minimum absolute atomic E-state index is 0.239. The van der Waals surface area contributed by atoms with E-state index in [4.69, 9.17) is 9.72 Å². The van der Waals surface area contributed by atoms with Crippen molar-refractivity contribution in [1.82, 2.24) is 10.3 Å². The predicted octanol–water partition coefficient (Wildman–Crippen LogP) is 3.15. The van der Waals surface area contributed by atoms with Crippen molar-refractivity contribution >= 4 is 37.5 Å². The van der Waals surface area contributed by atoms with E-state index in [2.05, 4.69) is 39.4 Å². The van der Waals surface area contributed by atoms with Crippen LogP contribution in [0, 0.1) is 0 Å². The molecule has 1 aromatic heterocycles. The van der Waals surface area contributed by atoms with Crippen molar-refractivity contribution in [2.45, 2.75) is 18.4 Å². The Morgan fingerprint density at radius 2 is 2.39 bits per heavy atom. The molecule has 18 heavy (non-hydrogen) atoms. The van der Waals surface area contributed by atoms with Crippen LogP contribution in [-0.4, -0.2) is 31.3 Å². The highest BCUT2D eigenvalue weighted by molar-refractivity contribution is 9.10. The van der Waals surface area contributed by atoms with Gasteiger partial charge in [-0.15, -0.1) is 11.3 Å². The van der Waals surface area contributed by atoms with E-state index in [1.807, 2.05) is 0 Å². The second-order valence-electron chi connectivity index (χ2n) is 4.54. The second-order valence-corrected chi connectivity index (χ2v) is 6.52. The number of rotatable bonds is 2. The predicted molar refractivity (Wildman–Crippen MR) is 78.3 cm³/mol. The Hall–Kier alpha value is -0.490. The summed E-state index contributed by atoms with van der Waals surface area (Å²) < 4.78 is 7.91. The van der Waals surface area contributed by atoms with Crippen molar-refractivity contribution in [3.05, 3.63) is 27.7 Å². The van der Waals surface area contributed by atoms with Gasteiger partial charge in [-0.05, 0) is 31.2 Å². The summed E-state index contributed by atoms with van der Waals surface area (Å²) in [5.41, 5.74) is 1.08. The van der Waals surface area contributed by atoms with Crippen LogP contribution in [0.5, 0.6) is 0 Å². The second kappa shape index (κ2) is 5.25. The first-order valence-electron chi connectivity index (χ1n) is 6.07. The smallest absolute Gasteiger partial charge is 0.0996 e. The maximum atomic E-state index is 5.57. The molecule has 3 nitrogen and oxygen atoms in total. The zero-order chi connectivity index (χ0) is 12.5. The van der Waals surface area contributed by atoms with Crippen molar-refractivity contribution in [2.24, 2.45) is 0 Å². The first kappa shape index (κ1) is 12.5. The fourth-order valence-corrected chi connectivity index (χ4v) is 3.92. The van der Waals surface area contributed by atoms with E-state index >= 15 is 0 Å². The Balaban J connectivity index is 1.97. The normalized spacial score (nSPS) is 24.6. The SMILES string of the molecule is CO[C@@H]1CNCC[C@H]1c1nc2cc(Br)ccc2s1. The number of ether oxygens (including phenoxy) is 1. The van der Waals surface area contributed by atoms with Crippen LogP contribution in [0.2, 0.25) is 0 Å². The third-order valence-corrected chi connectivity index (χ3v) is 5.07. The molecule has 1 fully saturated rings. The Morgan fingerprint density at radius 3 is 3.22 bits per heavy atom. The van der Waals surface area contributed by atoms with Gasteiger partial charge in [-0.1, -0.05) is 15.9 Å². The van der Waals surface area contributed by atoms with Crippen LogP contribution in [0.15, 0.2) is 22.7 Å². The molecule has 1 N–H and O–H groups in total. The van der Waals surface area contributed by atoms with Gasteiger partial charge in [-0.3, -0.25) is 0 Å². The van der Waals surface area contributed by atoms with Gasteiger partial charge in [0.25, 0.3) is 0 Å². The Morgan fingerprint density at radius 1 is 1.50 bits per heavy atom. The highest BCUT2D eigenvalue weighted by Crippen LogP contribution is 2.34. The van der Waals surface area contributed by atoms with Crippen LogP contribution in [0.25, 0.3) is 10.2 Å². The summed E-state index contributed by atoms with van der Waals surface area (Å²) in [5, 5.41) is 4.58. The number of halogens is 1. The van der Waals surface area contributed by atoms with E-state index in [-0.39, 0.29) is 6.10 Å². The molecule has 0 unspecified atom stereocenters. The number of fused-ring (bicyclic) bond motifs is 1. The van der Waals surface area contributed by atoms with E-state index in [1.54, 1.807) is 18.4 Å². The van der Waals surface area contributed by atoms with Gasteiger partial charge in [0, 0.05) is 24.0 Å². The quantitative estimate of drug-likeness (QED) is 0.920. The lowest BCUT2D eigenvalue weighted by atomic mass is 9.96. The molecule has 1 aromatic carbocycles. The molecule has 2 atom stereocenters. The Labute approximate surface area is 119 Å². The molecule has 2 heterocycles. The molecule has 5 heteroatoms. The lowest BCUT2D eigenvalue weighted by molar-refractivity contribution is 0.0625. The monoisotopic (exact) mass is 326 g/mol. The van der Waals surface area contributed by atoms with Crippen LogP contribution in [-0.2, 0) is 4.74 Å². The van der Waals surface area contributed by atoms with Crippen molar-refractivity contribution in [3.8, 4) is 0 Å². The van der Waals surface area contributed by atoms with Crippen molar-refractivity contribution in [2.75, 3.05) is 20.2 Å². The van der Waals surface area contributed by atoms with Crippen molar-refractivity contribution in [1.29, 1.82) is 0 Å². The third kappa shape index (κ3) is 2.32. The number of hydrogen-bond donors (Lipinski definition) is 1. The maximum Gasteiger partial charge on any atom is 0.0996 e. The van der Waals surface area contributed by atoms with E-state index in [0.29, 0.717) is 5.92 Å². The zero-order valence-electron chi connectivity index (χ0n) is 10.1. The fraction of sp³-hybridized carbons (Fsp3) is 0.462. The van der Waals surface area contributed by atoms with Gasteiger partial charge in [-0.25, -0.2) is 4.98 Å². The number of nitrogens with zero attached hydrogens (tertiary/aromatic N) is 1. The number of aromatic nitrogens is 1. The van der Waals surface area contributed by atoms with Gasteiger partial charge < -0.3 is 10.1 Å². The van der Waals surface area contributed by atoms with Crippen LogP contribution in [0.4, 0.5) is 0 Å². The average Bonchev–Trinajstić information content (AvgIpc) is 2.81. The van der Waals surface area contributed by atoms with Crippen LogP contribution < -0.4 is 5.32 Å². The number of nitrogens with one attached hydrogen (secondary N) is 1. The summed E-state index contributed by atoms with van der Waals surface area (Å²) in [4.78, 5) is 4.78. The molecular weight excluding hydrogens is 312 g/mol. The zero-order valence-corrected chi connectivity index (χ0v) is 12.6. The molecule has 0 aliphatic carbocycles. The van der Waals surface area contributed by atoms with Gasteiger partial charge >= 0.3 is 0 Å². The summed E-state index contributed by atoms with van der Waals surface area (Å²) in [6.07, 6.45) is 1.34. The topological polar surface area (TPSA) is 34.1 Å². The minimum atomic E-state index is 0.239. The average molecular weight is 327 g/mol. The van der Waals surface area contributed by atoms with Gasteiger partial charge in [0.1, 0.15) is 0 Å². The molecule has 0 radical (unpaired) electrons. The molecular formula is C13H15BrN2OS. The van der Waals surface area contributed by atoms with Crippen LogP contribution in [0.3, 0.4) is 0 Å². The molecule has 96 valence electrons. The molecule has 0 saturated carbocycles. The van der Waals surface area contributed by atoms with Crippen molar-refractivity contribution in [3.63, 3.8) is 0 Å². The Kier molecular flexibility index (Phi) is 3.66. The highest BCUT2D eigenvalue weighted by atomic mass is 79.9. The summed E-state index contributed by atoms with van der Waals surface area (Å²) in [6, 6.07) is 6.28. The van der Waals surface area contributed by atoms with Gasteiger partial charge in [0.15, 0.2) is 0 Å². The minimum Gasteiger partial charge on any atom is -0.379 e. The van der Waals surface area contributed by atoms with E-state index in [9.17, 15) is 0 Å². The van der Waals surface area contributed by atoms with Crippen LogP contribution >= 0.6 is 27.3 Å². The molecule has 0 bridgehead atoms.